The van der Waals surface area contributed by atoms with Crippen molar-refractivity contribution in [2.75, 3.05) is 32.8 Å². The fraction of sp³-hybridized carbons (Fsp3) is 0.867. The number of nitrogens with one attached hydrogen (secondary N) is 1. The van der Waals surface area contributed by atoms with Crippen LogP contribution in [0.2, 0.25) is 0 Å². The third-order valence-corrected chi connectivity index (χ3v) is 4.75. The lowest BCUT2D eigenvalue weighted by molar-refractivity contribution is -0.153. The number of ether oxygens (including phenoxy) is 1. The number of carboxylic acid groups (broad SMARTS) is 1. The molecule has 120 valence electrons. The van der Waals surface area contributed by atoms with Gasteiger partial charge in [0.05, 0.1) is 24.5 Å². The molecule has 0 aromatic rings. The van der Waals surface area contributed by atoms with Gasteiger partial charge in [0.25, 0.3) is 0 Å². The average molecular weight is 298 g/mol. The van der Waals surface area contributed by atoms with E-state index >= 15 is 0 Å². The molecule has 0 radical (unpaired) electrons. The van der Waals surface area contributed by atoms with Crippen LogP contribution < -0.4 is 5.32 Å². The van der Waals surface area contributed by atoms with Crippen molar-refractivity contribution in [2.45, 2.75) is 39.2 Å². The summed E-state index contributed by atoms with van der Waals surface area (Å²) in [6.45, 7) is 6.84. The van der Waals surface area contributed by atoms with Gasteiger partial charge in [-0.25, -0.2) is 0 Å². The van der Waals surface area contributed by atoms with Gasteiger partial charge in [-0.1, -0.05) is 6.92 Å². The van der Waals surface area contributed by atoms with Gasteiger partial charge >= 0.3 is 5.97 Å². The highest BCUT2D eigenvalue weighted by atomic mass is 16.5. The lowest BCUT2D eigenvalue weighted by Crippen LogP contribution is -2.50. The van der Waals surface area contributed by atoms with Gasteiger partial charge in [0, 0.05) is 19.1 Å². The fourth-order valence-corrected chi connectivity index (χ4v) is 3.00. The van der Waals surface area contributed by atoms with E-state index in [4.69, 9.17) is 4.74 Å². The Morgan fingerprint density at radius 2 is 2.00 bits per heavy atom. The number of amides is 1. The van der Waals surface area contributed by atoms with Crippen LogP contribution in [0, 0.1) is 11.3 Å². The average Bonchev–Trinajstić information content (AvgIpc) is 2.93. The Labute approximate surface area is 125 Å². The molecule has 0 bridgehead atoms. The largest absolute Gasteiger partial charge is 0.481 e. The van der Waals surface area contributed by atoms with E-state index in [9.17, 15) is 14.7 Å². The minimum atomic E-state index is -0.763. The third kappa shape index (κ3) is 3.55. The van der Waals surface area contributed by atoms with Gasteiger partial charge < -0.3 is 20.1 Å². The molecule has 21 heavy (non-hydrogen) atoms. The van der Waals surface area contributed by atoms with Gasteiger partial charge in [0.15, 0.2) is 0 Å². The summed E-state index contributed by atoms with van der Waals surface area (Å²) in [7, 11) is 0. The van der Waals surface area contributed by atoms with E-state index in [1.807, 2.05) is 4.90 Å². The van der Waals surface area contributed by atoms with Gasteiger partial charge in [-0.3, -0.25) is 9.59 Å². The van der Waals surface area contributed by atoms with Crippen LogP contribution in [-0.4, -0.2) is 60.8 Å². The molecular weight excluding hydrogens is 272 g/mol. The number of hydrogen-bond donors (Lipinski definition) is 2. The van der Waals surface area contributed by atoms with Gasteiger partial charge in [-0.15, -0.1) is 0 Å². The maximum absolute atomic E-state index is 12.6. The monoisotopic (exact) mass is 298 g/mol. The van der Waals surface area contributed by atoms with Crippen LogP contribution in [0.1, 0.15) is 33.1 Å². The van der Waals surface area contributed by atoms with E-state index < -0.39 is 11.4 Å². The molecule has 6 nitrogen and oxygen atoms in total. The number of rotatable bonds is 5. The van der Waals surface area contributed by atoms with E-state index in [1.54, 1.807) is 6.92 Å². The minimum Gasteiger partial charge on any atom is -0.481 e. The molecule has 6 heteroatoms. The van der Waals surface area contributed by atoms with E-state index in [0.717, 1.165) is 13.0 Å². The predicted molar refractivity (Wildman–Crippen MR) is 77.9 cm³/mol. The van der Waals surface area contributed by atoms with Crippen molar-refractivity contribution in [2.24, 2.45) is 11.3 Å². The number of carbonyl (C=O) groups excluding carboxylic acids is 1. The van der Waals surface area contributed by atoms with Crippen molar-refractivity contribution < 1.29 is 19.4 Å². The van der Waals surface area contributed by atoms with Gasteiger partial charge in [0.2, 0.25) is 5.91 Å². The second kappa shape index (κ2) is 6.75. The summed E-state index contributed by atoms with van der Waals surface area (Å²) < 4.78 is 5.45. The molecule has 2 N–H and O–H groups in total. The van der Waals surface area contributed by atoms with Crippen molar-refractivity contribution >= 4 is 11.9 Å². The zero-order chi connectivity index (χ0) is 15.5. The Kier molecular flexibility index (Phi) is 5.22. The number of aliphatic carboxylic acids is 1. The molecule has 0 aromatic carbocycles. The van der Waals surface area contributed by atoms with E-state index in [0.29, 0.717) is 39.1 Å². The second-order valence-corrected chi connectivity index (χ2v) is 6.40. The smallest absolute Gasteiger partial charge is 0.309 e. The third-order valence-electron chi connectivity index (χ3n) is 4.75. The molecule has 2 atom stereocenters. The summed E-state index contributed by atoms with van der Waals surface area (Å²) in [5.41, 5.74) is -0.692. The molecule has 0 spiro atoms. The van der Waals surface area contributed by atoms with Gasteiger partial charge in [-0.2, -0.15) is 0 Å². The molecule has 2 rings (SSSR count). The van der Waals surface area contributed by atoms with Gasteiger partial charge in [-0.05, 0) is 32.7 Å². The van der Waals surface area contributed by atoms with Crippen molar-refractivity contribution in [3.05, 3.63) is 0 Å². The van der Waals surface area contributed by atoms with Crippen LogP contribution in [0.3, 0.4) is 0 Å². The number of piperidine rings is 1. The van der Waals surface area contributed by atoms with Crippen molar-refractivity contribution in [1.82, 2.24) is 10.2 Å². The first-order valence-corrected chi connectivity index (χ1v) is 7.81. The summed E-state index contributed by atoms with van der Waals surface area (Å²) >= 11 is 0. The first kappa shape index (κ1) is 16.2. The molecule has 2 aliphatic rings. The molecule has 0 aromatic heterocycles. The number of carbonyl (C=O) groups is 2. The Morgan fingerprint density at radius 1 is 1.33 bits per heavy atom. The van der Waals surface area contributed by atoms with E-state index in [1.165, 1.54) is 0 Å². The number of nitrogens with zero attached hydrogens (tertiary/aromatic N) is 1. The number of hydrogen-bond acceptors (Lipinski definition) is 4. The minimum absolute atomic E-state index is 0.0882. The zero-order valence-corrected chi connectivity index (χ0v) is 12.9. The Morgan fingerprint density at radius 3 is 2.57 bits per heavy atom. The zero-order valence-electron chi connectivity index (χ0n) is 12.9. The van der Waals surface area contributed by atoms with E-state index in [2.05, 4.69) is 12.2 Å². The summed E-state index contributed by atoms with van der Waals surface area (Å²) in [6, 6.07) is 0.0882. The van der Waals surface area contributed by atoms with Crippen molar-refractivity contribution in [3.8, 4) is 0 Å². The SMILES string of the molecule is CCCNC1COCC1C(=O)N1CCC(C)(C(=O)O)CC1. The van der Waals surface area contributed by atoms with E-state index in [-0.39, 0.29) is 17.9 Å². The quantitative estimate of drug-likeness (QED) is 0.781. The Bertz CT molecular complexity index is 391. The number of carboxylic acids is 1. The maximum Gasteiger partial charge on any atom is 0.309 e. The van der Waals surface area contributed by atoms with Crippen LogP contribution >= 0.6 is 0 Å². The highest BCUT2D eigenvalue weighted by molar-refractivity contribution is 5.81. The Balaban J connectivity index is 1.91. The summed E-state index contributed by atoms with van der Waals surface area (Å²) in [4.78, 5) is 25.7. The molecular formula is C15H26N2O4. The summed E-state index contributed by atoms with van der Waals surface area (Å²) in [6.07, 6.45) is 2.07. The van der Waals surface area contributed by atoms with Crippen LogP contribution in [0.4, 0.5) is 0 Å². The van der Waals surface area contributed by atoms with Gasteiger partial charge in [0.1, 0.15) is 0 Å². The van der Waals surface area contributed by atoms with Crippen LogP contribution in [0.25, 0.3) is 0 Å². The second-order valence-electron chi connectivity index (χ2n) is 6.40. The first-order valence-electron chi connectivity index (χ1n) is 7.81. The van der Waals surface area contributed by atoms with Crippen molar-refractivity contribution in [1.29, 1.82) is 0 Å². The highest BCUT2D eigenvalue weighted by Gasteiger charge is 2.41. The standard InChI is InChI=1S/C15H26N2O4/c1-3-6-16-12-10-21-9-11(12)13(18)17-7-4-15(2,5-8-17)14(19)20/h11-12,16H,3-10H2,1-2H3,(H,19,20). The molecule has 2 aliphatic heterocycles. The maximum atomic E-state index is 12.6. The molecule has 2 heterocycles. The Hall–Kier alpha value is -1.14. The molecule has 2 saturated heterocycles. The lowest BCUT2D eigenvalue weighted by Gasteiger charge is -2.38. The summed E-state index contributed by atoms with van der Waals surface area (Å²) in [5.74, 6) is -0.791. The first-order chi connectivity index (χ1) is 9.98. The number of likely N-dealkylation sites (tertiary alicyclic amines) is 1. The lowest BCUT2D eigenvalue weighted by atomic mass is 9.80. The topological polar surface area (TPSA) is 78.9 Å². The van der Waals surface area contributed by atoms with Crippen molar-refractivity contribution in [3.63, 3.8) is 0 Å². The highest BCUT2D eigenvalue weighted by Crippen LogP contribution is 2.32. The summed E-state index contributed by atoms with van der Waals surface area (Å²) in [5, 5.41) is 12.6. The van der Waals surface area contributed by atoms with Crippen LogP contribution in [0.15, 0.2) is 0 Å². The van der Waals surface area contributed by atoms with Crippen LogP contribution in [-0.2, 0) is 14.3 Å². The molecule has 0 saturated carbocycles. The fourth-order valence-electron chi connectivity index (χ4n) is 3.00. The molecule has 2 fully saturated rings. The molecule has 0 aliphatic carbocycles. The molecule has 2 unspecified atom stereocenters. The molecule has 1 amide bonds. The predicted octanol–water partition coefficient (Wildman–Crippen LogP) is 0.714. The normalized spacial score (nSPS) is 28.6. The van der Waals surface area contributed by atoms with Crippen LogP contribution in [0.5, 0.6) is 0 Å².